The molecule has 11 heteroatoms. The number of hydrogen-bond acceptors (Lipinski definition) is 7. The molecule has 1 N–H and O–H groups in total. The van der Waals surface area contributed by atoms with Crippen LogP contribution in [0.4, 0.5) is 0 Å². The molecule has 34 heavy (non-hydrogen) atoms. The first-order valence-corrected chi connectivity index (χ1v) is 12.7. The molecule has 3 aromatic rings. The fourth-order valence-electron chi connectivity index (χ4n) is 3.85. The van der Waals surface area contributed by atoms with Gasteiger partial charge in [0, 0.05) is 51.8 Å². The molecular weight excluding hydrogens is 458 g/mol. The largest absolute Gasteiger partial charge is 0.478 e. The molecule has 0 radical (unpaired) electrons. The molecule has 10 nitrogen and oxygen atoms in total. The summed E-state index contributed by atoms with van der Waals surface area (Å²) in [6, 6.07) is 8.60. The Morgan fingerprint density at radius 3 is 2.76 bits per heavy atom. The summed E-state index contributed by atoms with van der Waals surface area (Å²) in [5.74, 6) is 1.15. The fraction of sp³-hybridized carbons (Fsp3) is 0.435. The molecule has 1 aliphatic heterocycles. The molecule has 1 amide bonds. The van der Waals surface area contributed by atoms with E-state index in [0.717, 1.165) is 11.1 Å². The van der Waals surface area contributed by atoms with Gasteiger partial charge in [-0.05, 0) is 36.8 Å². The predicted octanol–water partition coefficient (Wildman–Crippen LogP) is 1.64. The third-order valence-corrected chi connectivity index (χ3v) is 7.60. The highest BCUT2D eigenvalue weighted by Gasteiger charge is 2.27. The van der Waals surface area contributed by atoms with Crippen molar-refractivity contribution in [2.24, 2.45) is 7.05 Å². The SMILES string of the molecule is CCOc1cc(CNC(=O)CCc2nc3cc(S(=O)(=O)N4CCOCC4)ccc3n2C)ccn1. The molecule has 2 aromatic heterocycles. The van der Waals surface area contributed by atoms with E-state index in [1.165, 1.54) is 4.31 Å². The first-order valence-electron chi connectivity index (χ1n) is 11.3. The number of carbonyl (C=O) groups excluding carboxylic acids is 1. The van der Waals surface area contributed by atoms with Gasteiger partial charge in [-0.25, -0.2) is 18.4 Å². The highest BCUT2D eigenvalue weighted by atomic mass is 32.2. The van der Waals surface area contributed by atoms with Gasteiger partial charge in [0.2, 0.25) is 21.8 Å². The molecule has 1 fully saturated rings. The maximum absolute atomic E-state index is 13.0. The zero-order valence-corrected chi connectivity index (χ0v) is 20.2. The Morgan fingerprint density at radius 1 is 1.21 bits per heavy atom. The van der Waals surface area contributed by atoms with Crippen LogP contribution in [0, 0.1) is 0 Å². The molecule has 1 aromatic carbocycles. The number of carbonyl (C=O) groups is 1. The highest BCUT2D eigenvalue weighted by molar-refractivity contribution is 7.89. The molecular formula is C23H29N5O5S. The minimum Gasteiger partial charge on any atom is -0.478 e. The van der Waals surface area contributed by atoms with Gasteiger partial charge in [0.05, 0.1) is 35.7 Å². The van der Waals surface area contributed by atoms with E-state index in [-0.39, 0.29) is 17.2 Å². The standard InChI is InChI=1S/C23H29N5O5S/c1-3-33-23-14-17(8-9-24-23)16-25-22(29)7-6-21-26-19-15-18(4-5-20(19)27(21)2)34(30,31)28-10-12-32-13-11-28/h4-5,8-9,14-15H,3,6-7,10-13,16H2,1-2H3,(H,25,29). The molecule has 0 unspecified atom stereocenters. The van der Waals surface area contributed by atoms with E-state index in [0.29, 0.717) is 63.1 Å². The second-order valence-electron chi connectivity index (χ2n) is 7.97. The Morgan fingerprint density at radius 2 is 2.00 bits per heavy atom. The molecule has 182 valence electrons. The summed E-state index contributed by atoms with van der Waals surface area (Å²) >= 11 is 0. The number of sulfonamides is 1. The van der Waals surface area contributed by atoms with Crippen LogP contribution in [0.3, 0.4) is 0 Å². The molecule has 0 spiro atoms. The summed E-state index contributed by atoms with van der Waals surface area (Å²) in [5.41, 5.74) is 2.31. The maximum atomic E-state index is 13.0. The van der Waals surface area contributed by atoms with Crippen molar-refractivity contribution >= 4 is 27.0 Å². The van der Waals surface area contributed by atoms with Crippen LogP contribution in [0.5, 0.6) is 5.88 Å². The number of amides is 1. The summed E-state index contributed by atoms with van der Waals surface area (Å²) in [4.78, 5) is 21.3. The van der Waals surface area contributed by atoms with E-state index >= 15 is 0 Å². The number of aromatic nitrogens is 3. The Kier molecular flexibility index (Phi) is 7.44. The van der Waals surface area contributed by atoms with Gasteiger partial charge in [-0.15, -0.1) is 0 Å². The van der Waals surface area contributed by atoms with Gasteiger partial charge in [0.1, 0.15) is 5.82 Å². The number of imidazole rings is 1. The van der Waals surface area contributed by atoms with Crippen LogP contribution in [0.15, 0.2) is 41.4 Å². The number of aryl methyl sites for hydroxylation is 2. The number of rotatable bonds is 9. The zero-order chi connectivity index (χ0) is 24.1. The quantitative estimate of drug-likeness (QED) is 0.488. The summed E-state index contributed by atoms with van der Waals surface area (Å²) in [5, 5.41) is 2.90. The Hall–Kier alpha value is -3.02. The van der Waals surface area contributed by atoms with Crippen LogP contribution in [0.2, 0.25) is 0 Å². The van der Waals surface area contributed by atoms with Crippen LogP contribution < -0.4 is 10.1 Å². The van der Waals surface area contributed by atoms with Gasteiger partial charge in [0.15, 0.2) is 0 Å². The summed E-state index contributed by atoms with van der Waals surface area (Å²) in [7, 11) is -1.73. The van der Waals surface area contributed by atoms with Gasteiger partial charge in [-0.2, -0.15) is 4.31 Å². The van der Waals surface area contributed by atoms with Crippen molar-refractivity contribution in [2.45, 2.75) is 31.2 Å². The lowest BCUT2D eigenvalue weighted by Crippen LogP contribution is -2.40. The van der Waals surface area contributed by atoms with E-state index in [2.05, 4.69) is 15.3 Å². The highest BCUT2D eigenvalue weighted by Crippen LogP contribution is 2.23. The zero-order valence-electron chi connectivity index (χ0n) is 19.4. The Bertz CT molecular complexity index is 1270. The lowest BCUT2D eigenvalue weighted by molar-refractivity contribution is -0.121. The lowest BCUT2D eigenvalue weighted by Gasteiger charge is -2.26. The third-order valence-electron chi connectivity index (χ3n) is 5.71. The average Bonchev–Trinajstić information content (AvgIpc) is 3.17. The van der Waals surface area contributed by atoms with Crippen LogP contribution in [0.25, 0.3) is 11.0 Å². The van der Waals surface area contributed by atoms with Gasteiger partial charge < -0.3 is 19.4 Å². The molecule has 0 bridgehead atoms. The Balaban J connectivity index is 1.40. The number of hydrogen-bond donors (Lipinski definition) is 1. The number of nitrogens with zero attached hydrogens (tertiary/aromatic N) is 4. The number of pyridine rings is 1. The van der Waals surface area contributed by atoms with Crippen molar-refractivity contribution in [3.05, 3.63) is 47.9 Å². The van der Waals surface area contributed by atoms with Gasteiger partial charge in [0.25, 0.3) is 0 Å². The lowest BCUT2D eigenvalue weighted by atomic mass is 10.2. The number of morpholine rings is 1. The molecule has 1 saturated heterocycles. The minimum absolute atomic E-state index is 0.0996. The normalized spacial score (nSPS) is 14.9. The summed E-state index contributed by atoms with van der Waals surface area (Å²) in [6.07, 6.45) is 2.35. The van der Waals surface area contributed by atoms with E-state index in [1.807, 2.05) is 24.6 Å². The third kappa shape index (κ3) is 5.37. The molecule has 0 aliphatic carbocycles. The number of benzene rings is 1. The van der Waals surface area contributed by atoms with Crippen molar-refractivity contribution in [2.75, 3.05) is 32.9 Å². The van der Waals surface area contributed by atoms with Crippen molar-refractivity contribution in [1.82, 2.24) is 24.2 Å². The van der Waals surface area contributed by atoms with Gasteiger partial charge >= 0.3 is 0 Å². The minimum atomic E-state index is -3.60. The van der Waals surface area contributed by atoms with Gasteiger partial charge in [-0.3, -0.25) is 4.79 Å². The van der Waals surface area contributed by atoms with Crippen LogP contribution in [-0.4, -0.2) is 66.1 Å². The summed E-state index contributed by atoms with van der Waals surface area (Å²) < 4.78 is 39.9. The predicted molar refractivity (Wildman–Crippen MR) is 126 cm³/mol. The van der Waals surface area contributed by atoms with Crippen molar-refractivity contribution in [1.29, 1.82) is 0 Å². The van der Waals surface area contributed by atoms with Crippen LogP contribution in [-0.2, 0) is 39.6 Å². The topological polar surface area (TPSA) is 116 Å². The first kappa shape index (κ1) is 24.1. The molecule has 3 heterocycles. The van der Waals surface area contributed by atoms with Gasteiger partial charge in [-0.1, -0.05) is 0 Å². The van der Waals surface area contributed by atoms with Crippen molar-refractivity contribution < 1.29 is 22.7 Å². The molecule has 1 aliphatic rings. The second-order valence-corrected chi connectivity index (χ2v) is 9.90. The smallest absolute Gasteiger partial charge is 0.243 e. The van der Waals surface area contributed by atoms with Crippen molar-refractivity contribution in [3.63, 3.8) is 0 Å². The average molecular weight is 488 g/mol. The number of nitrogens with one attached hydrogen (secondary N) is 1. The van der Waals surface area contributed by atoms with E-state index in [4.69, 9.17) is 9.47 Å². The first-order chi connectivity index (χ1) is 16.4. The summed E-state index contributed by atoms with van der Waals surface area (Å²) in [6.45, 7) is 4.28. The van der Waals surface area contributed by atoms with E-state index < -0.39 is 10.0 Å². The number of ether oxygens (including phenoxy) is 2. The van der Waals surface area contributed by atoms with Crippen LogP contribution in [0.1, 0.15) is 24.7 Å². The fourth-order valence-corrected chi connectivity index (χ4v) is 5.28. The van der Waals surface area contributed by atoms with E-state index in [9.17, 15) is 13.2 Å². The molecule has 0 saturated carbocycles. The molecule has 4 rings (SSSR count). The maximum Gasteiger partial charge on any atom is 0.243 e. The second kappa shape index (κ2) is 10.5. The molecule has 0 atom stereocenters. The van der Waals surface area contributed by atoms with Crippen LogP contribution >= 0.6 is 0 Å². The Labute approximate surface area is 198 Å². The van der Waals surface area contributed by atoms with Crippen molar-refractivity contribution in [3.8, 4) is 5.88 Å². The number of fused-ring (bicyclic) bond motifs is 1. The monoisotopic (exact) mass is 487 g/mol. The van der Waals surface area contributed by atoms with E-state index in [1.54, 1.807) is 30.5 Å².